The number of rotatable bonds is 10. The topological polar surface area (TPSA) is 72.3 Å². The molecule has 0 saturated heterocycles. The zero-order valence-corrected chi connectivity index (χ0v) is 22.0. The number of carbonyl (C=O) groups is 1. The summed E-state index contributed by atoms with van der Waals surface area (Å²) >= 11 is 0. The van der Waals surface area contributed by atoms with E-state index in [2.05, 4.69) is 4.98 Å². The molecule has 0 saturated carbocycles. The Morgan fingerprint density at radius 1 is 0.921 bits per heavy atom. The van der Waals surface area contributed by atoms with Gasteiger partial charge >= 0.3 is 0 Å². The van der Waals surface area contributed by atoms with Gasteiger partial charge in [-0.15, -0.1) is 0 Å². The third-order valence-corrected chi connectivity index (χ3v) is 7.56. The fraction of sp³-hybridized carbons (Fsp3) is 0.241. The summed E-state index contributed by atoms with van der Waals surface area (Å²) in [6.45, 7) is 4.47. The molecule has 3 aromatic carbocycles. The minimum Gasteiger partial charge on any atom is -0.332 e. The molecule has 0 aliphatic carbocycles. The Hall–Kier alpha value is -3.85. The van der Waals surface area contributed by atoms with Gasteiger partial charge in [0.05, 0.1) is 36.3 Å². The van der Waals surface area contributed by atoms with E-state index < -0.39 is 27.4 Å². The number of halogens is 2. The summed E-state index contributed by atoms with van der Waals surface area (Å²) < 4.78 is 56.3. The normalized spacial score (nSPS) is 11.6. The van der Waals surface area contributed by atoms with Gasteiger partial charge in [0.1, 0.15) is 11.6 Å². The summed E-state index contributed by atoms with van der Waals surface area (Å²) in [6, 6.07) is 20.4. The second-order valence-electron chi connectivity index (χ2n) is 9.55. The van der Waals surface area contributed by atoms with Gasteiger partial charge in [0.15, 0.2) is 0 Å². The van der Waals surface area contributed by atoms with Crippen molar-refractivity contribution < 1.29 is 22.0 Å². The Morgan fingerprint density at radius 3 is 2.24 bits per heavy atom. The van der Waals surface area contributed by atoms with Crippen molar-refractivity contribution in [3.63, 3.8) is 0 Å². The molecule has 0 spiro atoms. The molecule has 0 bridgehead atoms. The van der Waals surface area contributed by atoms with Gasteiger partial charge in [-0.25, -0.2) is 22.2 Å². The van der Waals surface area contributed by atoms with Crippen molar-refractivity contribution >= 4 is 15.7 Å². The number of nitrogens with zero attached hydrogens (tertiary/aromatic N) is 3. The average Bonchev–Trinajstić information content (AvgIpc) is 3.28. The Bertz CT molecular complexity index is 1500. The van der Waals surface area contributed by atoms with E-state index >= 15 is 0 Å². The number of hydrogen-bond acceptors (Lipinski definition) is 4. The van der Waals surface area contributed by atoms with Crippen LogP contribution in [0.25, 0.3) is 0 Å². The van der Waals surface area contributed by atoms with Crippen molar-refractivity contribution in [1.29, 1.82) is 0 Å². The first-order valence-electron chi connectivity index (χ1n) is 12.2. The summed E-state index contributed by atoms with van der Waals surface area (Å²) in [5, 5.41) is -0.150. The van der Waals surface area contributed by atoms with Crippen LogP contribution in [0.1, 0.15) is 41.0 Å². The summed E-state index contributed by atoms with van der Waals surface area (Å²) in [5.41, 5.74) is 1.72. The minimum atomic E-state index is -3.93. The first-order chi connectivity index (χ1) is 18.1. The highest BCUT2D eigenvalue weighted by Gasteiger charge is 2.27. The smallest absolute Gasteiger partial charge is 0.257 e. The van der Waals surface area contributed by atoms with Gasteiger partial charge in [0.2, 0.25) is 15.0 Å². The molecule has 9 heteroatoms. The maximum absolute atomic E-state index is 14.5. The van der Waals surface area contributed by atoms with E-state index in [0.717, 1.165) is 5.56 Å². The molecule has 0 radical (unpaired) electrons. The SMILES string of the molecule is CC(C)CN(Cc1cnc(S(=O)(=O)Cc2ccc(F)cc2)n1Cc1ccccc1)C(=O)c1ccccc1F. The fourth-order valence-corrected chi connectivity index (χ4v) is 5.72. The van der Waals surface area contributed by atoms with Crippen LogP contribution in [0.2, 0.25) is 0 Å². The van der Waals surface area contributed by atoms with Crippen LogP contribution in [-0.4, -0.2) is 35.3 Å². The van der Waals surface area contributed by atoms with Gasteiger partial charge in [-0.1, -0.05) is 68.4 Å². The van der Waals surface area contributed by atoms with Crippen LogP contribution in [0.5, 0.6) is 0 Å². The molecule has 1 aromatic heterocycles. The molecule has 0 unspecified atom stereocenters. The van der Waals surface area contributed by atoms with Gasteiger partial charge < -0.3 is 9.47 Å². The summed E-state index contributed by atoms with van der Waals surface area (Å²) in [6.07, 6.45) is 1.45. The maximum Gasteiger partial charge on any atom is 0.257 e. The van der Waals surface area contributed by atoms with Crippen molar-refractivity contribution in [3.05, 3.63) is 119 Å². The van der Waals surface area contributed by atoms with E-state index in [4.69, 9.17) is 0 Å². The van der Waals surface area contributed by atoms with Crippen molar-refractivity contribution in [2.75, 3.05) is 6.54 Å². The minimum absolute atomic E-state index is 0.0389. The molecule has 0 N–H and O–H groups in total. The van der Waals surface area contributed by atoms with E-state index in [-0.39, 0.29) is 35.5 Å². The molecule has 198 valence electrons. The highest BCUT2D eigenvalue weighted by Crippen LogP contribution is 2.22. The molecular formula is C29H29F2N3O3S. The molecule has 1 heterocycles. The third-order valence-electron chi connectivity index (χ3n) is 5.96. The molecule has 1 amide bonds. The quantitative estimate of drug-likeness (QED) is 0.269. The van der Waals surface area contributed by atoms with Gasteiger partial charge in [-0.05, 0) is 41.3 Å². The number of aromatic nitrogens is 2. The van der Waals surface area contributed by atoms with Crippen LogP contribution < -0.4 is 0 Å². The number of hydrogen-bond donors (Lipinski definition) is 0. The van der Waals surface area contributed by atoms with Crippen LogP contribution in [0.15, 0.2) is 90.2 Å². The molecular weight excluding hydrogens is 508 g/mol. The molecule has 0 fully saturated rings. The van der Waals surface area contributed by atoms with Crippen molar-refractivity contribution in [1.82, 2.24) is 14.5 Å². The second kappa shape index (κ2) is 11.7. The molecule has 0 aliphatic heterocycles. The predicted molar refractivity (Wildman–Crippen MR) is 141 cm³/mol. The number of benzene rings is 3. The van der Waals surface area contributed by atoms with Gasteiger partial charge in [0, 0.05) is 6.54 Å². The molecule has 4 rings (SSSR count). The summed E-state index contributed by atoms with van der Waals surface area (Å²) in [5.74, 6) is -1.84. The van der Waals surface area contributed by atoms with E-state index in [1.165, 1.54) is 53.6 Å². The molecule has 0 atom stereocenters. The van der Waals surface area contributed by atoms with Gasteiger partial charge in [-0.2, -0.15) is 0 Å². The van der Waals surface area contributed by atoms with Gasteiger partial charge in [-0.3, -0.25) is 4.79 Å². The zero-order valence-electron chi connectivity index (χ0n) is 21.2. The molecule has 38 heavy (non-hydrogen) atoms. The highest BCUT2D eigenvalue weighted by atomic mass is 32.2. The monoisotopic (exact) mass is 537 g/mol. The lowest BCUT2D eigenvalue weighted by molar-refractivity contribution is 0.0713. The summed E-state index contributed by atoms with van der Waals surface area (Å²) in [4.78, 5) is 19.1. The van der Waals surface area contributed by atoms with Gasteiger partial charge in [0.25, 0.3) is 5.91 Å². The second-order valence-corrected chi connectivity index (χ2v) is 11.4. The Labute approximate surface area is 221 Å². The fourth-order valence-electron chi connectivity index (χ4n) is 4.23. The number of sulfone groups is 1. The number of carbonyl (C=O) groups excluding carboxylic acids is 1. The molecule has 6 nitrogen and oxygen atoms in total. The lowest BCUT2D eigenvalue weighted by Gasteiger charge is -2.25. The van der Waals surface area contributed by atoms with Crippen molar-refractivity contribution in [2.24, 2.45) is 5.92 Å². The summed E-state index contributed by atoms with van der Waals surface area (Å²) in [7, 11) is -3.93. The largest absolute Gasteiger partial charge is 0.332 e. The Kier molecular flexibility index (Phi) is 8.36. The first-order valence-corrected chi connectivity index (χ1v) is 13.9. The predicted octanol–water partition coefficient (Wildman–Crippen LogP) is 5.48. The van der Waals surface area contributed by atoms with Crippen LogP contribution in [-0.2, 0) is 28.7 Å². The lowest BCUT2D eigenvalue weighted by atomic mass is 10.1. The van der Waals surface area contributed by atoms with Crippen LogP contribution in [0, 0.1) is 17.6 Å². The Balaban J connectivity index is 1.73. The van der Waals surface area contributed by atoms with E-state index in [1.807, 2.05) is 44.2 Å². The van der Waals surface area contributed by atoms with Crippen molar-refractivity contribution in [3.8, 4) is 0 Å². The maximum atomic E-state index is 14.5. The standard InChI is InChI=1S/C29H29F2N3O3S/c1-21(2)17-33(28(35)26-10-6-7-11-27(26)31)19-25-16-32-29(34(25)18-22-8-4-3-5-9-22)38(36,37)20-23-12-14-24(30)15-13-23/h3-16,21H,17-20H2,1-2H3. The number of imidazole rings is 1. The van der Waals surface area contributed by atoms with E-state index in [1.54, 1.807) is 10.6 Å². The average molecular weight is 538 g/mol. The lowest BCUT2D eigenvalue weighted by Crippen LogP contribution is -2.35. The van der Waals surface area contributed by atoms with Crippen LogP contribution in [0.4, 0.5) is 8.78 Å². The number of amides is 1. The van der Waals surface area contributed by atoms with E-state index in [0.29, 0.717) is 17.8 Å². The van der Waals surface area contributed by atoms with Crippen molar-refractivity contribution in [2.45, 2.75) is 37.8 Å². The van der Waals surface area contributed by atoms with Crippen LogP contribution in [0.3, 0.4) is 0 Å². The molecule has 4 aromatic rings. The zero-order chi connectivity index (χ0) is 27.3. The highest BCUT2D eigenvalue weighted by molar-refractivity contribution is 7.90. The Morgan fingerprint density at radius 2 is 1.58 bits per heavy atom. The van der Waals surface area contributed by atoms with E-state index in [9.17, 15) is 22.0 Å². The first kappa shape index (κ1) is 27.2. The molecule has 0 aliphatic rings. The third kappa shape index (κ3) is 6.52. The van der Waals surface area contributed by atoms with Crippen LogP contribution >= 0.6 is 0 Å².